The fraction of sp³-hybridized carbons (Fsp3) is 0.200. The van der Waals surface area contributed by atoms with Gasteiger partial charge in [0.2, 0.25) is 6.29 Å². The first-order valence-electron chi connectivity index (χ1n) is 10.1. The summed E-state index contributed by atoms with van der Waals surface area (Å²) >= 11 is 0. The largest absolute Gasteiger partial charge is 0.460 e. The summed E-state index contributed by atoms with van der Waals surface area (Å²) in [7, 11) is 0. The van der Waals surface area contributed by atoms with E-state index in [-0.39, 0.29) is 13.2 Å². The monoisotopic (exact) mass is 435 g/mol. The van der Waals surface area contributed by atoms with Crippen molar-refractivity contribution < 1.29 is 28.5 Å². The van der Waals surface area contributed by atoms with Gasteiger partial charge in [-0.25, -0.2) is 9.59 Å². The van der Waals surface area contributed by atoms with E-state index in [9.17, 15) is 9.59 Å². The molecule has 3 aromatic rings. The van der Waals surface area contributed by atoms with Crippen LogP contribution >= 0.6 is 0 Å². The summed E-state index contributed by atoms with van der Waals surface area (Å²) in [4.78, 5) is 23.3. The van der Waals surface area contributed by atoms with Crippen LogP contribution in [0.5, 0.6) is 17.2 Å². The minimum atomic E-state index is -0.645. The molecule has 0 saturated carbocycles. The molecule has 166 valence electrons. The number of nitrogens with one attached hydrogen (secondary N) is 1. The molecule has 0 aromatic heterocycles. The minimum Gasteiger partial charge on any atom is -0.460 e. The van der Waals surface area contributed by atoms with Crippen LogP contribution in [0, 0.1) is 0 Å². The number of ether oxygens (including phenoxy) is 4. The number of carbonyl (C=O) groups is 2. The van der Waals surface area contributed by atoms with Gasteiger partial charge in [-0.15, -0.1) is 0 Å². The molecule has 0 aliphatic rings. The van der Waals surface area contributed by atoms with Crippen LogP contribution in [0.1, 0.15) is 13.8 Å². The van der Waals surface area contributed by atoms with E-state index in [1.807, 2.05) is 61.5 Å². The van der Waals surface area contributed by atoms with Crippen molar-refractivity contribution in [2.75, 3.05) is 13.2 Å². The highest BCUT2D eigenvalue weighted by atomic mass is 16.7. The van der Waals surface area contributed by atoms with Gasteiger partial charge in [0.25, 0.3) is 0 Å². The topological polar surface area (TPSA) is 83.1 Å². The third-order valence-corrected chi connectivity index (χ3v) is 4.31. The molecule has 0 aliphatic carbocycles. The van der Waals surface area contributed by atoms with E-state index in [0.717, 1.165) is 16.5 Å². The Labute approximate surface area is 186 Å². The summed E-state index contributed by atoms with van der Waals surface area (Å²) < 4.78 is 22.0. The van der Waals surface area contributed by atoms with Crippen molar-refractivity contribution in [2.24, 2.45) is 0 Å². The molecule has 0 heterocycles. The lowest BCUT2D eigenvalue weighted by atomic mass is 10.1. The average Bonchev–Trinajstić information content (AvgIpc) is 2.77. The average molecular weight is 435 g/mol. The SMILES string of the molecule is C=C(C)C(=O)OCCNC(=O)Oc1ccc2c(OC(C)Oc3ccccc3)cccc2c1. The number of rotatable bonds is 9. The van der Waals surface area contributed by atoms with Crippen LogP contribution in [0.25, 0.3) is 10.8 Å². The third kappa shape index (κ3) is 6.50. The molecule has 0 radical (unpaired) electrons. The first-order valence-corrected chi connectivity index (χ1v) is 10.1. The summed E-state index contributed by atoms with van der Waals surface area (Å²) in [5, 5.41) is 4.22. The molecule has 3 rings (SSSR count). The molecular weight excluding hydrogens is 410 g/mol. The molecule has 7 nitrogen and oxygen atoms in total. The normalized spacial score (nSPS) is 11.3. The van der Waals surface area contributed by atoms with Crippen LogP contribution in [0.4, 0.5) is 4.79 Å². The van der Waals surface area contributed by atoms with Gasteiger partial charge in [0.15, 0.2) is 0 Å². The zero-order chi connectivity index (χ0) is 22.9. The van der Waals surface area contributed by atoms with Gasteiger partial charge in [-0.3, -0.25) is 0 Å². The predicted molar refractivity (Wildman–Crippen MR) is 121 cm³/mol. The van der Waals surface area contributed by atoms with Crippen LogP contribution in [-0.4, -0.2) is 31.5 Å². The van der Waals surface area contributed by atoms with Crippen molar-refractivity contribution in [3.05, 3.63) is 78.9 Å². The number of amides is 1. The van der Waals surface area contributed by atoms with Gasteiger partial charge in [0, 0.05) is 17.9 Å². The molecule has 1 atom stereocenters. The first kappa shape index (κ1) is 22.7. The lowest BCUT2D eigenvalue weighted by Gasteiger charge is -2.18. The maximum Gasteiger partial charge on any atom is 0.412 e. The predicted octanol–water partition coefficient (Wildman–Crippen LogP) is 4.85. The highest BCUT2D eigenvalue weighted by molar-refractivity contribution is 5.90. The zero-order valence-electron chi connectivity index (χ0n) is 18.0. The molecule has 0 fully saturated rings. The second kappa shape index (κ2) is 10.9. The Bertz CT molecular complexity index is 1100. The van der Waals surface area contributed by atoms with E-state index in [1.54, 1.807) is 19.1 Å². The van der Waals surface area contributed by atoms with E-state index >= 15 is 0 Å². The van der Waals surface area contributed by atoms with Gasteiger partial charge in [-0.1, -0.05) is 36.9 Å². The van der Waals surface area contributed by atoms with Crippen molar-refractivity contribution in [3.63, 3.8) is 0 Å². The Balaban J connectivity index is 1.57. The maximum absolute atomic E-state index is 12.0. The van der Waals surface area contributed by atoms with Crippen LogP contribution in [0.2, 0.25) is 0 Å². The Morgan fingerprint density at radius 2 is 1.75 bits per heavy atom. The van der Waals surface area contributed by atoms with Gasteiger partial charge >= 0.3 is 12.1 Å². The smallest absolute Gasteiger partial charge is 0.412 e. The maximum atomic E-state index is 12.0. The van der Waals surface area contributed by atoms with Gasteiger partial charge in [0.1, 0.15) is 23.9 Å². The third-order valence-electron chi connectivity index (χ3n) is 4.31. The minimum absolute atomic E-state index is 0.0302. The number of carbonyl (C=O) groups excluding carboxylic acids is 2. The number of fused-ring (bicyclic) bond motifs is 1. The highest BCUT2D eigenvalue weighted by Gasteiger charge is 2.11. The van der Waals surface area contributed by atoms with Crippen molar-refractivity contribution >= 4 is 22.8 Å². The van der Waals surface area contributed by atoms with Crippen LogP contribution < -0.4 is 19.5 Å². The molecule has 32 heavy (non-hydrogen) atoms. The summed E-state index contributed by atoms with van der Waals surface area (Å²) in [6, 6.07) is 20.3. The van der Waals surface area contributed by atoms with E-state index < -0.39 is 18.4 Å². The quantitative estimate of drug-likeness (QED) is 0.224. The number of esters is 1. The van der Waals surface area contributed by atoms with E-state index in [0.29, 0.717) is 17.1 Å². The summed E-state index contributed by atoms with van der Waals surface area (Å²) in [6.07, 6.45) is -1.14. The van der Waals surface area contributed by atoms with Gasteiger partial charge < -0.3 is 24.3 Å². The Morgan fingerprint density at radius 3 is 2.50 bits per heavy atom. The Kier molecular flexibility index (Phi) is 7.70. The lowest BCUT2D eigenvalue weighted by molar-refractivity contribution is -0.138. The molecule has 0 aliphatic heterocycles. The van der Waals surface area contributed by atoms with E-state index in [1.165, 1.54) is 0 Å². The fourth-order valence-corrected chi connectivity index (χ4v) is 2.86. The number of para-hydroxylation sites is 1. The summed E-state index contributed by atoms with van der Waals surface area (Å²) in [6.45, 7) is 7.02. The molecule has 1 unspecified atom stereocenters. The van der Waals surface area contributed by atoms with Gasteiger partial charge in [0.05, 0.1) is 6.54 Å². The van der Waals surface area contributed by atoms with Crippen molar-refractivity contribution in [1.82, 2.24) is 5.32 Å². The second-order valence-corrected chi connectivity index (χ2v) is 6.99. The van der Waals surface area contributed by atoms with E-state index in [4.69, 9.17) is 18.9 Å². The van der Waals surface area contributed by atoms with Crippen molar-refractivity contribution in [1.29, 1.82) is 0 Å². The molecule has 0 bridgehead atoms. The van der Waals surface area contributed by atoms with Crippen LogP contribution in [0.15, 0.2) is 78.9 Å². The molecule has 0 spiro atoms. The van der Waals surface area contributed by atoms with Crippen LogP contribution in [-0.2, 0) is 9.53 Å². The molecular formula is C25H25NO6. The summed E-state index contributed by atoms with van der Waals surface area (Å²) in [5.74, 6) is 1.24. The number of hydrogen-bond acceptors (Lipinski definition) is 6. The van der Waals surface area contributed by atoms with E-state index in [2.05, 4.69) is 11.9 Å². The molecule has 7 heteroatoms. The van der Waals surface area contributed by atoms with Crippen molar-refractivity contribution in [3.8, 4) is 17.2 Å². The lowest BCUT2D eigenvalue weighted by Crippen LogP contribution is -2.30. The summed E-state index contributed by atoms with van der Waals surface area (Å²) in [5.41, 5.74) is 0.299. The first-order chi connectivity index (χ1) is 15.4. The zero-order valence-corrected chi connectivity index (χ0v) is 18.0. The second-order valence-electron chi connectivity index (χ2n) is 6.99. The molecule has 3 aromatic carbocycles. The number of hydrogen-bond donors (Lipinski definition) is 1. The Hall–Kier alpha value is -4.00. The van der Waals surface area contributed by atoms with Crippen LogP contribution in [0.3, 0.4) is 0 Å². The highest BCUT2D eigenvalue weighted by Crippen LogP contribution is 2.30. The van der Waals surface area contributed by atoms with Gasteiger partial charge in [-0.05, 0) is 48.7 Å². The number of benzene rings is 3. The molecule has 0 saturated heterocycles. The van der Waals surface area contributed by atoms with Gasteiger partial charge in [-0.2, -0.15) is 0 Å². The molecule has 1 amide bonds. The molecule has 1 N–H and O–H groups in total. The fourth-order valence-electron chi connectivity index (χ4n) is 2.86. The standard InChI is InChI=1S/C25H25NO6/c1-17(2)24(27)29-15-14-26-25(28)32-21-12-13-22-19(16-21)8-7-11-23(22)31-18(3)30-20-9-5-4-6-10-20/h4-13,16,18H,1,14-15H2,2-3H3,(H,26,28). The van der Waals surface area contributed by atoms with Crippen molar-refractivity contribution in [2.45, 2.75) is 20.1 Å². The Morgan fingerprint density at radius 1 is 0.969 bits per heavy atom.